The number of rotatable bonds is 5. The molecule has 0 bridgehead atoms. The van der Waals surface area contributed by atoms with Crippen LogP contribution in [0.3, 0.4) is 0 Å². The summed E-state index contributed by atoms with van der Waals surface area (Å²) in [7, 11) is 0. The van der Waals surface area contributed by atoms with Crippen molar-refractivity contribution in [2.24, 2.45) is 0 Å². The molecular weight excluding hydrogens is 623 g/mol. The first-order valence-corrected chi connectivity index (χ1v) is 17.1. The summed E-state index contributed by atoms with van der Waals surface area (Å²) in [5.74, 6) is 1.82. The number of aromatic nitrogens is 3. The van der Waals surface area contributed by atoms with Gasteiger partial charge in [0.2, 0.25) is 0 Å². The molecule has 0 aliphatic heterocycles. The van der Waals surface area contributed by atoms with Crippen LogP contribution in [-0.2, 0) is 0 Å². The monoisotopic (exact) mass is 651 g/mol. The van der Waals surface area contributed by atoms with Crippen LogP contribution in [0.5, 0.6) is 0 Å². The molecule has 0 fully saturated rings. The van der Waals surface area contributed by atoms with E-state index in [1.807, 2.05) is 36.4 Å². The lowest BCUT2D eigenvalue weighted by Crippen LogP contribution is -2.01. The van der Waals surface area contributed by atoms with E-state index < -0.39 is 0 Å². The Labute approximate surface area is 294 Å². The fourth-order valence-electron chi connectivity index (χ4n) is 7.39. The first-order valence-electron chi connectivity index (χ1n) is 17.1. The van der Waals surface area contributed by atoms with Crippen molar-refractivity contribution in [3.05, 3.63) is 176 Å². The highest BCUT2D eigenvalue weighted by atomic mass is 16.3. The second kappa shape index (κ2) is 11.9. The summed E-state index contributed by atoms with van der Waals surface area (Å²) in [5.41, 5.74) is 8.94. The average Bonchev–Trinajstić information content (AvgIpc) is 3.59. The van der Waals surface area contributed by atoms with Crippen molar-refractivity contribution in [1.82, 2.24) is 15.0 Å². The van der Waals surface area contributed by atoms with Crippen LogP contribution < -0.4 is 0 Å². The van der Waals surface area contributed by atoms with Gasteiger partial charge in [0.25, 0.3) is 0 Å². The zero-order valence-corrected chi connectivity index (χ0v) is 27.5. The van der Waals surface area contributed by atoms with Crippen LogP contribution in [0.15, 0.2) is 180 Å². The van der Waals surface area contributed by atoms with Crippen molar-refractivity contribution in [3.8, 4) is 56.4 Å². The molecule has 0 N–H and O–H groups in total. The van der Waals surface area contributed by atoms with E-state index in [0.29, 0.717) is 17.5 Å². The largest absolute Gasteiger partial charge is 0.456 e. The maximum absolute atomic E-state index is 6.30. The van der Waals surface area contributed by atoms with Gasteiger partial charge in [-0.1, -0.05) is 158 Å². The van der Waals surface area contributed by atoms with Crippen LogP contribution in [-0.4, -0.2) is 15.0 Å². The highest BCUT2D eigenvalue weighted by Crippen LogP contribution is 2.40. The number of nitrogens with zero attached hydrogens (tertiary/aromatic N) is 3. The number of para-hydroxylation sites is 1. The molecular formula is C47H29N3O. The molecule has 4 nitrogen and oxygen atoms in total. The lowest BCUT2D eigenvalue weighted by atomic mass is 9.91. The van der Waals surface area contributed by atoms with Crippen LogP contribution in [0.25, 0.3) is 99.9 Å². The first kappa shape index (κ1) is 29.0. The molecule has 4 heteroatoms. The van der Waals surface area contributed by atoms with E-state index in [1.165, 1.54) is 16.3 Å². The lowest BCUT2D eigenvalue weighted by Gasteiger charge is -2.15. The molecule has 0 saturated carbocycles. The molecule has 8 aromatic carbocycles. The lowest BCUT2D eigenvalue weighted by molar-refractivity contribution is 0.669. The van der Waals surface area contributed by atoms with Crippen LogP contribution in [0.1, 0.15) is 0 Å². The Bertz CT molecular complexity index is 2920. The highest BCUT2D eigenvalue weighted by Gasteiger charge is 2.20. The second-order valence-electron chi connectivity index (χ2n) is 12.8. The number of hydrogen-bond donors (Lipinski definition) is 0. The van der Waals surface area contributed by atoms with Gasteiger partial charge in [-0.25, -0.2) is 15.0 Å². The Kier molecular flexibility index (Phi) is 6.78. The Morgan fingerprint density at radius 3 is 1.67 bits per heavy atom. The van der Waals surface area contributed by atoms with Gasteiger partial charge in [0.15, 0.2) is 17.5 Å². The number of benzene rings is 8. The van der Waals surface area contributed by atoms with Gasteiger partial charge < -0.3 is 4.42 Å². The minimum absolute atomic E-state index is 0.594. The highest BCUT2D eigenvalue weighted by molar-refractivity contribution is 6.13. The number of fused-ring (bicyclic) bond motifs is 5. The van der Waals surface area contributed by atoms with Crippen molar-refractivity contribution < 1.29 is 4.42 Å². The van der Waals surface area contributed by atoms with Crippen LogP contribution in [0.2, 0.25) is 0 Å². The zero-order valence-electron chi connectivity index (χ0n) is 27.5. The van der Waals surface area contributed by atoms with Gasteiger partial charge in [-0.05, 0) is 56.6 Å². The third kappa shape index (κ3) is 4.96. The molecule has 238 valence electrons. The van der Waals surface area contributed by atoms with Gasteiger partial charge in [0.05, 0.1) is 0 Å². The third-order valence-corrected chi connectivity index (χ3v) is 9.73. The molecule has 0 radical (unpaired) electrons. The molecule has 51 heavy (non-hydrogen) atoms. The Balaban J connectivity index is 1.26. The maximum atomic E-state index is 6.30. The summed E-state index contributed by atoms with van der Waals surface area (Å²) < 4.78 is 6.30. The molecule has 10 aromatic rings. The van der Waals surface area contributed by atoms with E-state index in [9.17, 15) is 0 Å². The SMILES string of the molecule is c1ccc(-c2cccc(-c3nc(-c4cccc5cccc(-c6cccc7ccccc67)c45)nc(-c4cccc5oc6ccccc6c45)n3)c2)cc1. The average molecular weight is 652 g/mol. The Morgan fingerprint density at radius 2 is 0.843 bits per heavy atom. The van der Waals surface area contributed by atoms with Crippen molar-refractivity contribution in [2.45, 2.75) is 0 Å². The van der Waals surface area contributed by atoms with Gasteiger partial charge >= 0.3 is 0 Å². The summed E-state index contributed by atoms with van der Waals surface area (Å²) in [6.45, 7) is 0. The maximum Gasteiger partial charge on any atom is 0.164 e. The summed E-state index contributed by atoms with van der Waals surface area (Å²) in [4.78, 5) is 15.8. The minimum atomic E-state index is 0.594. The molecule has 0 amide bonds. The molecule has 0 unspecified atom stereocenters. The molecule has 0 spiro atoms. The summed E-state index contributed by atoms with van der Waals surface area (Å²) in [6.07, 6.45) is 0. The first-order chi connectivity index (χ1) is 25.3. The predicted octanol–water partition coefficient (Wildman–Crippen LogP) is 12.4. The quantitative estimate of drug-likeness (QED) is 0.186. The molecule has 10 rings (SSSR count). The van der Waals surface area contributed by atoms with Crippen LogP contribution >= 0.6 is 0 Å². The third-order valence-electron chi connectivity index (χ3n) is 9.73. The van der Waals surface area contributed by atoms with E-state index in [4.69, 9.17) is 19.4 Å². The fraction of sp³-hybridized carbons (Fsp3) is 0. The van der Waals surface area contributed by atoms with Gasteiger partial charge in [0.1, 0.15) is 11.2 Å². The van der Waals surface area contributed by atoms with Crippen molar-refractivity contribution in [3.63, 3.8) is 0 Å². The van der Waals surface area contributed by atoms with Gasteiger partial charge in [0, 0.05) is 32.8 Å². The second-order valence-corrected chi connectivity index (χ2v) is 12.8. The van der Waals surface area contributed by atoms with E-state index in [1.54, 1.807) is 0 Å². The summed E-state index contributed by atoms with van der Waals surface area (Å²) in [5, 5.41) is 6.65. The van der Waals surface area contributed by atoms with Gasteiger partial charge in [-0.3, -0.25) is 0 Å². The molecule has 0 aliphatic rings. The number of furan rings is 1. The van der Waals surface area contributed by atoms with Gasteiger partial charge in [-0.2, -0.15) is 0 Å². The molecule has 0 saturated heterocycles. The predicted molar refractivity (Wildman–Crippen MR) is 209 cm³/mol. The molecule has 2 heterocycles. The van der Waals surface area contributed by atoms with Crippen molar-refractivity contribution in [2.75, 3.05) is 0 Å². The molecule has 0 aliphatic carbocycles. The molecule has 0 atom stereocenters. The van der Waals surface area contributed by atoms with Crippen molar-refractivity contribution >= 4 is 43.5 Å². The Morgan fingerprint density at radius 1 is 0.314 bits per heavy atom. The van der Waals surface area contributed by atoms with E-state index in [0.717, 1.165) is 66.1 Å². The fourth-order valence-corrected chi connectivity index (χ4v) is 7.39. The topological polar surface area (TPSA) is 51.8 Å². The van der Waals surface area contributed by atoms with Gasteiger partial charge in [-0.15, -0.1) is 0 Å². The Hall–Kier alpha value is -6.91. The summed E-state index contributed by atoms with van der Waals surface area (Å²) >= 11 is 0. The van der Waals surface area contributed by atoms with Crippen LogP contribution in [0.4, 0.5) is 0 Å². The standard InChI is InChI=1S/C47H29N3O/c1-2-13-30(14-3-1)33-19-8-20-34(29-33)45-48-46(50-47(49-45)40-26-12-28-42-44(40)38-22-6-7-27-41(38)51-42)39-25-11-18-32-17-10-24-37(43(32)39)36-23-9-16-31-15-4-5-21-35(31)36/h1-29H. The van der Waals surface area contributed by atoms with E-state index in [2.05, 4.69) is 140 Å². The minimum Gasteiger partial charge on any atom is -0.456 e. The van der Waals surface area contributed by atoms with Crippen LogP contribution in [0, 0.1) is 0 Å². The smallest absolute Gasteiger partial charge is 0.164 e. The zero-order chi connectivity index (χ0) is 33.7. The summed E-state index contributed by atoms with van der Waals surface area (Å²) in [6, 6.07) is 61.0. The van der Waals surface area contributed by atoms with Crippen molar-refractivity contribution in [1.29, 1.82) is 0 Å². The molecule has 2 aromatic heterocycles. The van der Waals surface area contributed by atoms with E-state index >= 15 is 0 Å². The van der Waals surface area contributed by atoms with E-state index in [-0.39, 0.29) is 0 Å². The normalized spacial score (nSPS) is 11.5. The number of hydrogen-bond acceptors (Lipinski definition) is 4.